The topological polar surface area (TPSA) is 91.4 Å². The molecule has 0 aliphatic carbocycles. The number of carboxylic acids is 1. The molecule has 0 amide bonds. The molecule has 1 N–H and O–H groups in total. The molecule has 2 aromatic rings. The fourth-order valence-electron chi connectivity index (χ4n) is 3.13. The first-order valence-electron chi connectivity index (χ1n) is 7.83. The van der Waals surface area contributed by atoms with Crippen LogP contribution in [0.1, 0.15) is 35.7 Å². The van der Waals surface area contributed by atoms with E-state index in [0.717, 1.165) is 32.5 Å². The molecule has 0 radical (unpaired) electrons. The fourth-order valence-corrected chi connectivity index (χ4v) is 3.13. The Morgan fingerprint density at radius 3 is 2.91 bits per heavy atom. The Morgan fingerprint density at radius 2 is 2.13 bits per heavy atom. The number of aromatic carboxylic acids is 1. The maximum absolute atomic E-state index is 11.7. The number of ether oxygens (including phenoxy) is 2. The van der Waals surface area contributed by atoms with E-state index in [4.69, 9.17) is 9.47 Å². The maximum atomic E-state index is 11.7. The summed E-state index contributed by atoms with van der Waals surface area (Å²) >= 11 is 0. The summed E-state index contributed by atoms with van der Waals surface area (Å²) in [5.41, 5.74) is 1.25. The first-order chi connectivity index (χ1) is 11.2. The first kappa shape index (κ1) is 14.3. The van der Waals surface area contributed by atoms with Crippen LogP contribution in [0, 0.1) is 0 Å². The molecule has 23 heavy (non-hydrogen) atoms. The van der Waals surface area contributed by atoms with E-state index < -0.39 is 5.97 Å². The van der Waals surface area contributed by atoms with Gasteiger partial charge in [-0.05, 0) is 12.8 Å². The lowest BCUT2D eigenvalue weighted by Crippen LogP contribution is -2.19. The number of aryl methyl sites for hydroxylation is 1. The molecule has 2 aromatic heterocycles. The molecule has 1 saturated heterocycles. The maximum Gasteiger partial charge on any atom is 0.343 e. The monoisotopic (exact) mass is 318 g/mol. The van der Waals surface area contributed by atoms with Gasteiger partial charge in [0.1, 0.15) is 11.3 Å². The van der Waals surface area contributed by atoms with Gasteiger partial charge in [-0.15, -0.1) is 0 Å². The van der Waals surface area contributed by atoms with Crippen LogP contribution in [0.2, 0.25) is 0 Å². The number of hydrogen-bond donors (Lipinski definition) is 1. The molecular formula is C15H18N4O4. The highest BCUT2D eigenvalue weighted by Crippen LogP contribution is 2.33. The number of aromatic nitrogens is 4. The van der Waals surface area contributed by atoms with E-state index >= 15 is 0 Å². The second kappa shape index (κ2) is 5.69. The van der Waals surface area contributed by atoms with E-state index in [0.29, 0.717) is 36.3 Å². The average molecular weight is 318 g/mol. The number of hydrogen-bond acceptors (Lipinski definition) is 5. The third-order valence-corrected chi connectivity index (χ3v) is 4.31. The van der Waals surface area contributed by atoms with Crippen LogP contribution in [-0.2, 0) is 11.3 Å². The van der Waals surface area contributed by atoms with Gasteiger partial charge in [-0.2, -0.15) is 10.2 Å². The van der Waals surface area contributed by atoms with Crippen LogP contribution in [0.25, 0.3) is 11.3 Å². The van der Waals surface area contributed by atoms with Gasteiger partial charge in [0.15, 0.2) is 0 Å². The van der Waals surface area contributed by atoms with Gasteiger partial charge in [-0.25, -0.2) is 9.48 Å². The highest BCUT2D eigenvalue weighted by molar-refractivity contribution is 5.97. The van der Waals surface area contributed by atoms with Crippen molar-refractivity contribution in [2.75, 3.05) is 19.8 Å². The molecular weight excluding hydrogens is 300 g/mol. The molecule has 2 aliphatic heterocycles. The molecule has 4 rings (SSSR count). The van der Waals surface area contributed by atoms with E-state index in [1.807, 2.05) is 10.9 Å². The van der Waals surface area contributed by atoms with Crippen LogP contribution < -0.4 is 4.74 Å². The Kier molecular flexibility index (Phi) is 3.53. The number of nitrogens with zero attached hydrogens (tertiary/aromatic N) is 4. The van der Waals surface area contributed by atoms with Gasteiger partial charge in [0.05, 0.1) is 18.8 Å². The lowest BCUT2D eigenvalue weighted by molar-refractivity contribution is 0.0662. The minimum atomic E-state index is -1.03. The van der Waals surface area contributed by atoms with E-state index in [2.05, 4.69) is 10.2 Å². The Hall–Kier alpha value is -2.35. The molecule has 2 aliphatic rings. The summed E-state index contributed by atoms with van der Waals surface area (Å²) in [6.07, 6.45) is 6.20. The number of fused-ring (bicyclic) bond motifs is 1. The zero-order valence-electron chi connectivity index (χ0n) is 12.6. The van der Waals surface area contributed by atoms with Gasteiger partial charge in [0.25, 0.3) is 0 Å². The van der Waals surface area contributed by atoms with E-state index in [1.165, 1.54) is 0 Å². The number of carboxylic acid groups (broad SMARTS) is 1. The molecule has 0 saturated carbocycles. The zero-order valence-corrected chi connectivity index (χ0v) is 12.6. The van der Waals surface area contributed by atoms with Gasteiger partial charge in [-0.1, -0.05) is 0 Å². The second-order valence-electron chi connectivity index (χ2n) is 5.81. The van der Waals surface area contributed by atoms with Crippen molar-refractivity contribution >= 4 is 5.97 Å². The predicted molar refractivity (Wildman–Crippen MR) is 79.6 cm³/mol. The van der Waals surface area contributed by atoms with E-state index in [-0.39, 0.29) is 5.56 Å². The van der Waals surface area contributed by atoms with Crippen LogP contribution in [0.15, 0.2) is 12.4 Å². The molecule has 4 heterocycles. The normalized spacial score (nSPS) is 18.4. The predicted octanol–water partition coefficient (Wildman–Crippen LogP) is 1.58. The second-order valence-corrected chi connectivity index (χ2v) is 5.81. The fraction of sp³-hybridized carbons (Fsp3) is 0.533. The van der Waals surface area contributed by atoms with Crippen molar-refractivity contribution in [2.45, 2.75) is 31.8 Å². The molecule has 0 unspecified atom stereocenters. The molecule has 8 heteroatoms. The highest BCUT2D eigenvalue weighted by atomic mass is 16.5. The highest BCUT2D eigenvalue weighted by Gasteiger charge is 2.29. The average Bonchev–Trinajstić information content (AvgIpc) is 3.20. The van der Waals surface area contributed by atoms with Gasteiger partial charge in [-0.3, -0.25) is 4.68 Å². The number of carbonyl (C=O) groups is 1. The summed E-state index contributed by atoms with van der Waals surface area (Å²) in [6, 6.07) is 0.291. The molecule has 0 aromatic carbocycles. The van der Waals surface area contributed by atoms with Gasteiger partial charge in [0.2, 0.25) is 5.88 Å². The van der Waals surface area contributed by atoms with Crippen molar-refractivity contribution < 1.29 is 19.4 Å². The van der Waals surface area contributed by atoms with Gasteiger partial charge < -0.3 is 14.6 Å². The SMILES string of the molecule is O=C(O)c1c(-c2cnn(C3CCOCC3)c2)nn2c1OCCC2. The first-order valence-corrected chi connectivity index (χ1v) is 7.83. The van der Waals surface area contributed by atoms with Crippen LogP contribution in [0.5, 0.6) is 5.88 Å². The van der Waals surface area contributed by atoms with Crippen molar-refractivity contribution in [3.8, 4) is 17.1 Å². The summed E-state index contributed by atoms with van der Waals surface area (Å²) in [7, 11) is 0. The molecule has 122 valence electrons. The minimum Gasteiger partial charge on any atom is -0.477 e. The third-order valence-electron chi connectivity index (χ3n) is 4.31. The van der Waals surface area contributed by atoms with Crippen LogP contribution >= 0.6 is 0 Å². The molecule has 0 bridgehead atoms. The summed E-state index contributed by atoms with van der Waals surface area (Å²) in [5, 5.41) is 18.4. The Balaban J connectivity index is 1.71. The molecule has 0 spiro atoms. The van der Waals surface area contributed by atoms with Gasteiger partial charge >= 0.3 is 5.97 Å². The van der Waals surface area contributed by atoms with Crippen LogP contribution in [0.4, 0.5) is 0 Å². The molecule has 1 fully saturated rings. The standard InChI is InChI=1S/C15H18N4O4/c20-15(21)12-13(17-18-4-1-5-23-14(12)18)10-8-16-19(9-10)11-2-6-22-7-3-11/h8-9,11H,1-7H2,(H,20,21). The Labute approximate surface area is 132 Å². The van der Waals surface area contributed by atoms with Crippen molar-refractivity contribution in [1.29, 1.82) is 0 Å². The minimum absolute atomic E-state index is 0.122. The molecule has 0 atom stereocenters. The van der Waals surface area contributed by atoms with Crippen LogP contribution in [0.3, 0.4) is 0 Å². The lowest BCUT2D eigenvalue weighted by Gasteiger charge is -2.22. The smallest absolute Gasteiger partial charge is 0.343 e. The summed E-state index contributed by atoms with van der Waals surface area (Å²) in [4.78, 5) is 11.7. The third kappa shape index (κ3) is 2.48. The summed E-state index contributed by atoms with van der Waals surface area (Å²) < 4.78 is 14.4. The van der Waals surface area contributed by atoms with E-state index in [1.54, 1.807) is 10.9 Å². The largest absolute Gasteiger partial charge is 0.477 e. The zero-order chi connectivity index (χ0) is 15.8. The van der Waals surface area contributed by atoms with Crippen LogP contribution in [-0.4, -0.2) is 50.5 Å². The number of rotatable bonds is 3. The Bertz CT molecular complexity index is 730. The van der Waals surface area contributed by atoms with Crippen molar-refractivity contribution in [3.63, 3.8) is 0 Å². The van der Waals surface area contributed by atoms with Crippen molar-refractivity contribution in [1.82, 2.24) is 19.6 Å². The Morgan fingerprint density at radius 1 is 1.30 bits per heavy atom. The van der Waals surface area contributed by atoms with Crippen molar-refractivity contribution in [2.24, 2.45) is 0 Å². The summed E-state index contributed by atoms with van der Waals surface area (Å²) in [6.45, 7) is 2.65. The lowest BCUT2D eigenvalue weighted by atomic mass is 10.1. The van der Waals surface area contributed by atoms with E-state index in [9.17, 15) is 9.90 Å². The van der Waals surface area contributed by atoms with Crippen molar-refractivity contribution in [3.05, 3.63) is 18.0 Å². The molecule has 8 nitrogen and oxygen atoms in total. The summed E-state index contributed by atoms with van der Waals surface area (Å²) in [5.74, 6) is -0.681. The quantitative estimate of drug-likeness (QED) is 0.924. The van der Waals surface area contributed by atoms with Gasteiger partial charge in [0, 0.05) is 37.9 Å².